The maximum atomic E-state index is 12.6. The molecule has 1 atom stereocenters. The molecular formula is C22H20N2O5S2. The van der Waals surface area contributed by atoms with Crippen molar-refractivity contribution in [1.29, 1.82) is 0 Å². The Labute approximate surface area is 183 Å². The van der Waals surface area contributed by atoms with Crippen LogP contribution in [0.25, 0.3) is 10.4 Å². The maximum Gasteiger partial charge on any atom is 0.349 e. The number of aryl methyl sites for hydroxylation is 2. The lowest BCUT2D eigenvalue weighted by Crippen LogP contribution is -2.29. The van der Waals surface area contributed by atoms with Crippen LogP contribution in [0.1, 0.15) is 27.7 Å². The van der Waals surface area contributed by atoms with Crippen molar-refractivity contribution in [2.75, 3.05) is 5.32 Å². The van der Waals surface area contributed by atoms with Crippen LogP contribution in [0.15, 0.2) is 59.5 Å². The van der Waals surface area contributed by atoms with Crippen LogP contribution in [0.2, 0.25) is 0 Å². The van der Waals surface area contributed by atoms with Crippen molar-refractivity contribution in [2.45, 2.75) is 30.8 Å². The number of carbonyl (C=O) groups excluding carboxylic acids is 2. The topological polar surface area (TPSA) is 116 Å². The molecule has 3 N–H and O–H groups in total. The van der Waals surface area contributed by atoms with Crippen molar-refractivity contribution < 1.29 is 22.7 Å². The van der Waals surface area contributed by atoms with Gasteiger partial charge in [-0.25, -0.2) is 18.4 Å². The lowest BCUT2D eigenvalue weighted by Gasteiger charge is -2.15. The van der Waals surface area contributed by atoms with Crippen LogP contribution in [-0.2, 0) is 32.4 Å². The number of sulfonamides is 1. The van der Waals surface area contributed by atoms with Gasteiger partial charge in [-0.15, -0.1) is 11.3 Å². The molecule has 0 fully saturated rings. The molecular weight excluding hydrogens is 436 g/mol. The molecule has 2 aromatic carbocycles. The Hall–Kier alpha value is -3.01. The fourth-order valence-electron chi connectivity index (χ4n) is 3.44. The van der Waals surface area contributed by atoms with Gasteiger partial charge in [0.25, 0.3) is 5.91 Å². The first-order chi connectivity index (χ1) is 14.7. The largest absolute Gasteiger partial charge is 0.448 e. The predicted octanol–water partition coefficient (Wildman–Crippen LogP) is 3.35. The van der Waals surface area contributed by atoms with Gasteiger partial charge < -0.3 is 10.1 Å². The minimum absolute atomic E-state index is 0.126. The number of primary sulfonamides is 1. The van der Waals surface area contributed by atoms with Crippen LogP contribution in [0, 0.1) is 0 Å². The molecule has 1 aliphatic carbocycles. The minimum atomic E-state index is -3.89. The molecule has 0 aliphatic heterocycles. The lowest BCUT2D eigenvalue weighted by atomic mass is 9.91. The Morgan fingerprint density at radius 2 is 1.81 bits per heavy atom. The molecule has 1 heterocycles. The molecule has 3 aromatic rings. The van der Waals surface area contributed by atoms with Gasteiger partial charge in [-0.1, -0.05) is 30.3 Å². The van der Waals surface area contributed by atoms with E-state index in [9.17, 15) is 18.0 Å². The summed E-state index contributed by atoms with van der Waals surface area (Å²) >= 11 is 1.36. The zero-order chi connectivity index (χ0) is 22.2. The van der Waals surface area contributed by atoms with E-state index in [1.807, 2.05) is 24.3 Å². The fraction of sp³-hybridized carbons (Fsp3) is 0.182. The smallest absolute Gasteiger partial charge is 0.349 e. The van der Waals surface area contributed by atoms with Gasteiger partial charge in [0, 0.05) is 10.6 Å². The van der Waals surface area contributed by atoms with Crippen molar-refractivity contribution in [2.24, 2.45) is 5.14 Å². The van der Waals surface area contributed by atoms with Crippen molar-refractivity contribution in [3.05, 3.63) is 70.6 Å². The highest BCUT2D eigenvalue weighted by molar-refractivity contribution is 7.89. The van der Waals surface area contributed by atoms with Gasteiger partial charge in [-0.05, 0) is 60.7 Å². The van der Waals surface area contributed by atoms with Crippen molar-refractivity contribution in [3.63, 3.8) is 0 Å². The van der Waals surface area contributed by atoms with Crippen LogP contribution in [-0.4, -0.2) is 26.4 Å². The van der Waals surface area contributed by atoms with Gasteiger partial charge in [0.2, 0.25) is 10.0 Å². The predicted molar refractivity (Wildman–Crippen MR) is 118 cm³/mol. The second-order valence-electron chi connectivity index (χ2n) is 7.23. The number of nitrogens with one attached hydrogen (secondary N) is 1. The van der Waals surface area contributed by atoms with Gasteiger partial charge in [0.15, 0.2) is 6.10 Å². The first-order valence-corrected chi connectivity index (χ1v) is 11.9. The number of thiophene rings is 1. The van der Waals surface area contributed by atoms with Gasteiger partial charge in [0.05, 0.1) is 4.90 Å². The zero-order valence-electron chi connectivity index (χ0n) is 16.6. The normalized spacial score (nSPS) is 13.6. The van der Waals surface area contributed by atoms with Crippen LogP contribution in [0.4, 0.5) is 5.69 Å². The molecule has 0 spiro atoms. The summed E-state index contributed by atoms with van der Waals surface area (Å²) in [4.78, 5) is 26.4. The van der Waals surface area contributed by atoms with E-state index in [-0.39, 0.29) is 10.6 Å². The third-order valence-corrected chi connectivity index (χ3v) is 7.12. The molecule has 1 aliphatic rings. The van der Waals surface area contributed by atoms with E-state index in [4.69, 9.17) is 9.88 Å². The maximum absolute atomic E-state index is 12.6. The standard InChI is InChI=1S/C22H20N2O5S2/c1-13(21(25)24-16-6-4-7-17(12-16)31(23,27)28)29-22(26)19-11-15-10-9-14-5-2-3-8-18(14)20(15)30-19/h2-8,11-13H,9-10H2,1H3,(H,24,25)(H2,23,27,28). The number of ether oxygens (including phenoxy) is 1. The number of hydrogen-bond acceptors (Lipinski definition) is 6. The molecule has 1 unspecified atom stereocenters. The van der Waals surface area contributed by atoms with Crippen LogP contribution < -0.4 is 10.5 Å². The van der Waals surface area contributed by atoms with Gasteiger partial charge >= 0.3 is 5.97 Å². The first kappa shape index (κ1) is 21.2. The van der Waals surface area contributed by atoms with Gasteiger partial charge in [-0.3, -0.25) is 4.79 Å². The van der Waals surface area contributed by atoms with E-state index in [1.54, 1.807) is 0 Å². The summed E-state index contributed by atoms with van der Waals surface area (Å²) in [6.07, 6.45) is 0.703. The van der Waals surface area contributed by atoms with Gasteiger partial charge in [0.1, 0.15) is 4.88 Å². The summed E-state index contributed by atoms with van der Waals surface area (Å²) in [5.74, 6) is -1.15. The van der Waals surface area contributed by atoms with Crippen LogP contribution >= 0.6 is 11.3 Å². The number of fused-ring (bicyclic) bond motifs is 3. The molecule has 0 saturated heterocycles. The molecule has 7 nitrogen and oxygen atoms in total. The highest BCUT2D eigenvalue weighted by Gasteiger charge is 2.25. The third kappa shape index (κ3) is 4.53. The summed E-state index contributed by atoms with van der Waals surface area (Å²) in [5.41, 5.74) is 3.73. The van der Waals surface area contributed by atoms with E-state index in [1.165, 1.54) is 48.1 Å². The number of benzene rings is 2. The van der Waals surface area contributed by atoms with E-state index in [2.05, 4.69) is 11.4 Å². The lowest BCUT2D eigenvalue weighted by molar-refractivity contribution is -0.123. The number of anilines is 1. The zero-order valence-corrected chi connectivity index (χ0v) is 18.3. The van der Waals surface area contributed by atoms with Crippen LogP contribution in [0.5, 0.6) is 0 Å². The highest BCUT2D eigenvalue weighted by Crippen LogP contribution is 2.39. The third-order valence-electron chi connectivity index (χ3n) is 5.02. The number of rotatable bonds is 5. The number of amides is 1. The Morgan fingerprint density at radius 1 is 1.06 bits per heavy atom. The Morgan fingerprint density at radius 3 is 2.58 bits per heavy atom. The van der Waals surface area contributed by atoms with Crippen molar-refractivity contribution in [1.82, 2.24) is 0 Å². The molecule has 0 radical (unpaired) electrons. The summed E-state index contributed by atoms with van der Waals surface area (Å²) in [7, 11) is -3.89. The molecule has 9 heteroatoms. The Bertz CT molecular complexity index is 1280. The molecule has 0 bridgehead atoms. The summed E-state index contributed by atoms with van der Waals surface area (Å²) < 4.78 is 28.3. The van der Waals surface area contributed by atoms with E-state index < -0.39 is 28.0 Å². The highest BCUT2D eigenvalue weighted by atomic mass is 32.2. The Kier molecular flexibility index (Phi) is 5.65. The van der Waals surface area contributed by atoms with Crippen molar-refractivity contribution >= 4 is 38.9 Å². The fourth-order valence-corrected chi connectivity index (χ4v) is 5.15. The second kappa shape index (κ2) is 8.26. The monoisotopic (exact) mass is 456 g/mol. The SMILES string of the molecule is CC(OC(=O)c1cc2c(s1)-c1ccccc1CC2)C(=O)Nc1cccc(S(N)(=O)=O)c1. The molecule has 31 heavy (non-hydrogen) atoms. The average Bonchev–Trinajstić information content (AvgIpc) is 3.18. The summed E-state index contributed by atoms with van der Waals surface area (Å²) in [6, 6.07) is 15.5. The molecule has 1 amide bonds. The number of esters is 1. The van der Waals surface area contributed by atoms with E-state index >= 15 is 0 Å². The van der Waals surface area contributed by atoms with Crippen molar-refractivity contribution in [3.8, 4) is 10.4 Å². The number of hydrogen-bond donors (Lipinski definition) is 2. The molecule has 160 valence electrons. The quantitative estimate of drug-likeness (QED) is 0.571. The summed E-state index contributed by atoms with van der Waals surface area (Å²) in [6.45, 7) is 1.46. The van der Waals surface area contributed by atoms with E-state index in [0.717, 1.165) is 28.8 Å². The second-order valence-corrected chi connectivity index (χ2v) is 9.85. The molecule has 0 saturated carbocycles. The van der Waals surface area contributed by atoms with Crippen LogP contribution in [0.3, 0.4) is 0 Å². The molecule has 1 aromatic heterocycles. The first-order valence-electron chi connectivity index (χ1n) is 9.58. The average molecular weight is 457 g/mol. The number of carbonyl (C=O) groups is 2. The molecule has 4 rings (SSSR count). The van der Waals surface area contributed by atoms with Gasteiger partial charge in [-0.2, -0.15) is 0 Å². The Balaban J connectivity index is 1.45. The van der Waals surface area contributed by atoms with E-state index in [0.29, 0.717) is 4.88 Å². The minimum Gasteiger partial charge on any atom is -0.448 e. The number of nitrogens with two attached hydrogens (primary N) is 1. The summed E-state index contributed by atoms with van der Waals surface area (Å²) in [5, 5.41) is 7.65.